The van der Waals surface area contributed by atoms with Gasteiger partial charge in [-0.15, -0.1) is 0 Å². The van der Waals surface area contributed by atoms with Crippen LogP contribution in [0.2, 0.25) is 0 Å². The van der Waals surface area contributed by atoms with Crippen LogP contribution >= 0.6 is 0 Å². The van der Waals surface area contributed by atoms with Crippen LogP contribution in [-0.4, -0.2) is 23.6 Å². The van der Waals surface area contributed by atoms with Gasteiger partial charge >= 0.3 is 43.4 Å². The Labute approximate surface area is 169 Å². The van der Waals surface area contributed by atoms with E-state index in [1.807, 2.05) is 0 Å². The molecule has 0 aromatic rings. The van der Waals surface area contributed by atoms with Crippen molar-refractivity contribution in [2.45, 2.75) is 27.7 Å². The van der Waals surface area contributed by atoms with Gasteiger partial charge in [0.05, 0.1) is 0 Å². The molecule has 0 aromatic carbocycles. The number of hydrogen-bond donors (Lipinski definition) is 0. The summed E-state index contributed by atoms with van der Waals surface area (Å²) >= 11 is 0. The second-order valence-corrected chi connectivity index (χ2v) is 2.22. The number of hydrogen-bond acceptors (Lipinski definition) is 4. The molecular formula is C8H16Br2N4O4Ti2. The number of halogens is 2. The molecule has 0 rings (SSSR count). The van der Waals surface area contributed by atoms with Crippen molar-refractivity contribution < 1.29 is 96.6 Å². The number of amides is 4. The standard InChI is InChI=1S/4C2H5NO.2BrH.2Ti/c4*1-2(3)4;;;;/h4*1H3,(H2,3,4);2*1H;;/q;;;;;;2*+3/p-6. The predicted molar refractivity (Wildman–Crippen MR) is 60.0 cm³/mol. The van der Waals surface area contributed by atoms with E-state index in [2.05, 4.69) is 0 Å². The van der Waals surface area contributed by atoms with Crippen LogP contribution in [0.3, 0.4) is 0 Å². The van der Waals surface area contributed by atoms with Crippen molar-refractivity contribution in [3.05, 3.63) is 22.9 Å². The van der Waals surface area contributed by atoms with Crippen LogP contribution in [0, 0.1) is 0 Å². The Morgan fingerprint density at radius 2 is 0.500 bits per heavy atom. The summed E-state index contributed by atoms with van der Waals surface area (Å²) in [6.45, 7) is 4.78. The molecule has 0 atom stereocenters. The van der Waals surface area contributed by atoms with Crippen LogP contribution in [0.25, 0.3) is 22.9 Å². The van der Waals surface area contributed by atoms with Crippen LogP contribution in [-0.2, 0) is 62.6 Å². The first kappa shape index (κ1) is 50.0. The minimum absolute atomic E-state index is 0. The van der Waals surface area contributed by atoms with E-state index >= 15 is 0 Å². The third-order valence-corrected chi connectivity index (χ3v) is 0. The summed E-state index contributed by atoms with van der Waals surface area (Å²) in [5.41, 5.74) is 23.8. The Kier molecular flexibility index (Phi) is 107. The van der Waals surface area contributed by atoms with E-state index in [-0.39, 0.29) is 77.4 Å². The van der Waals surface area contributed by atoms with Crippen LogP contribution in [0.4, 0.5) is 0 Å². The van der Waals surface area contributed by atoms with Gasteiger partial charge < -0.3 is 76.1 Å². The van der Waals surface area contributed by atoms with Gasteiger partial charge in [-0.05, 0) is 27.7 Å². The van der Waals surface area contributed by atoms with E-state index in [1.54, 1.807) is 0 Å². The van der Waals surface area contributed by atoms with Gasteiger partial charge in [-0.2, -0.15) is 0 Å². The van der Waals surface area contributed by atoms with Gasteiger partial charge in [0.1, 0.15) is 0 Å². The largest absolute Gasteiger partial charge is 3.00 e. The second kappa shape index (κ2) is 42.7. The number of nitrogens with one attached hydrogen (secondary N) is 4. The maximum absolute atomic E-state index is 9.11. The number of rotatable bonds is 0. The molecule has 0 fully saturated rings. The van der Waals surface area contributed by atoms with Gasteiger partial charge in [0, 0.05) is 23.6 Å². The molecule has 0 saturated heterocycles. The van der Waals surface area contributed by atoms with Crippen molar-refractivity contribution in [1.82, 2.24) is 0 Å². The summed E-state index contributed by atoms with van der Waals surface area (Å²) < 4.78 is 0. The zero-order valence-electron chi connectivity index (χ0n) is 11.4. The second-order valence-electron chi connectivity index (χ2n) is 2.22. The van der Waals surface area contributed by atoms with Gasteiger partial charge in [-0.3, -0.25) is 0 Å². The molecule has 4 N–H and O–H groups in total. The van der Waals surface area contributed by atoms with Crippen molar-refractivity contribution in [1.29, 1.82) is 0 Å². The molecule has 0 aliphatic carbocycles. The van der Waals surface area contributed by atoms with E-state index in [1.165, 1.54) is 27.7 Å². The van der Waals surface area contributed by atoms with Crippen molar-refractivity contribution in [2.24, 2.45) is 0 Å². The molecule has 0 bridgehead atoms. The van der Waals surface area contributed by atoms with Crippen molar-refractivity contribution in [3.8, 4) is 0 Å². The first-order valence-electron chi connectivity index (χ1n) is 3.82. The predicted octanol–water partition coefficient (Wildman–Crippen LogP) is -3.66. The maximum atomic E-state index is 9.11. The zero-order chi connectivity index (χ0) is 14.3. The molecule has 20 heavy (non-hydrogen) atoms. The zero-order valence-corrected chi connectivity index (χ0v) is 17.7. The van der Waals surface area contributed by atoms with Crippen molar-refractivity contribution in [3.63, 3.8) is 0 Å². The Morgan fingerprint density at radius 1 is 0.500 bits per heavy atom. The molecule has 4 amide bonds. The third-order valence-electron chi connectivity index (χ3n) is 0. The van der Waals surface area contributed by atoms with Gasteiger partial charge in [-0.1, -0.05) is 0 Å². The first-order valence-corrected chi connectivity index (χ1v) is 3.82. The summed E-state index contributed by atoms with van der Waals surface area (Å²) in [4.78, 5) is 36.4. The Hall–Kier alpha value is 0.269. The SMILES string of the molecule is CC([NH-])=O.CC([NH-])=O.CC([NH-])=O.CC([NH-])=O.[Br-].[Br-].[Ti+3].[Ti+3]. The summed E-state index contributed by atoms with van der Waals surface area (Å²) in [5, 5.41) is 0. The van der Waals surface area contributed by atoms with E-state index in [0.717, 1.165) is 0 Å². The number of carbonyl (C=O) groups excluding carboxylic acids is 4. The van der Waals surface area contributed by atoms with E-state index < -0.39 is 23.6 Å². The summed E-state index contributed by atoms with van der Waals surface area (Å²) in [7, 11) is 0. The smallest absolute Gasteiger partial charge is 1.00 e. The van der Waals surface area contributed by atoms with Crippen LogP contribution in [0.15, 0.2) is 0 Å². The van der Waals surface area contributed by atoms with Gasteiger partial charge in [0.15, 0.2) is 0 Å². The first-order chi connectivity index (χ1) is 6.93. The van der Waals surface area contributed by atoms with Gasteiger partial charge in [0.2, 0.25) is 0 Å². The Balaban J connectivity index is -0.0000000150. The van der Waals surface area contributed by atoms with Gasteiger partial charge in [-0.25, -0.2) is 0 Å². The monoisotopic (exact) mass is 486 g/mol. The Bertz CT molecular complexity index is 183. The fourth-order valence-electron chi connectivity index (χ4n) is 0. The molecule has 0 aromatic heterocycles. The summed E-state index contributed by atoms with van der Waals surface area (Å²) in [6, 6.07) is 0. The topological polar surface area (TPSA) is 163 Å². The third kappa shape index (κ3) is 75500. The maximum Gasteiger partial charge on any atom is 3.00 e. The van der Waals surface area contributed by atoms with E-state index in [4.69, 9.17) is 42.1 Å². The minimum atomic E-state index is -0.583. The molecule has 0 aliphatic heterocycles. The molecule has 2 radical (unpaired) electrons. The molecule has 8 nitrogen and oxygen atoms in total. The fourth-order valence-corrected chi connectivity index (χ4v) is 0. The molecule has 0 unspecified atom stereocenters. The molecule has 0 spiro atoms. The molecule has 0 aliphatic rings. The summed E-state index contributed by atoms with van der Waals surface area (Å²) in [6.07, 6.45) is 0. The van der Waals surface area contributed by atoms with Crippen molar-refractivity contribution in [2.75, 3.05) is 0 Å². The van der Waals surface area contributed by atoms with E-state index in [9.17, 15) is 0 Å². The van der Waals surface area contributed by atoms with Crippen LogP contribution in [0.5, 0.6) is 0 Å². The van der Waals surface area contributed by atoms with E-state index in [0.29, 0.717) is 0 Å². The molecule has 0 saturated carbocycles. The molecule has 0 heterocycles. The van der Waals surface area contributed by atoms with Crippen LogP contribution in [0.1, 0.15) is 27.7 Å². The summed E-state index contributed by atoms with van der Waals surface area (Å²) in [5.74, 6) is -2.33. The van der Waals surface area contributed by atoms with Crippen LogP contribution < -0.4 is 34.0 Å². The minimum Gasteiger partial charge on any atom is -1.00 e. The molecular weight excluding hydrogens is 472 g/mol. The quantitative estimate of drug-likeness (QED) is 0.322. The Morgan fingerprint density at radius 3 is 0.500 bits per heavy atom. The average molecular weight is 488 g/mol. The average Bonchev–Trinajstić information content (AvgIpc) is 1.76. The van der Waals surface area contributed by atoms with Crippen molar-refractivity contribution >= 4 is 23.6 Å². The molecule has 114 valence electrons. The number of carbonyl (C=O) groups is 4. The van der Waals surface area contributed by atoms with Gasteiger partial charge in [0.25, 0.3) is 0 Å². The molecule has 12 heteroatoms. The fraction of sp³-hybridized carbons (Fsp3) is 0.500. The normalized spacial score (nSPS) is 5.00.